The molecule has 1 spiro atoms. The summed E-state index contributed by atoms with van der Waals surface area (Å²) in [6.45, 7) is 2.99. The molecule has 1 aromatic rings. The number of fused-ring (bicyclic) bond motifs is 1. The zero-order chi connectivity index (χ0) is 19.7. The van der Waals surface area contributed by atoms with Crippen LogP contribution in [-0.2, 0) is 4.79 Å². The number of hydrogen-bond donors (Lipinski definition) is 1. The van der Waals surface area contributed by atoms with Crippen molar-refractivity contribution in [1.82, 2.24) is 10.2 Å². The summed E-state index contributed by atoms with van der Waals surface area (Å²) in [5.74, 6) is 1.17. The van der Waals surface area contributed by atoms with Gasteiger partial charge in [-0.2, -0.15) is 0 Å². The van der Waals surface area contributed by atoms with Gasteiger partial charge in [-0.05, 0) is 49.8 Å². The molecule has 7 nitrogen and oxygen atoms in total. The second kappa shape index (κ2) is 7.45. The fourth-order valence-electron chi connectivity index (χ4n) is 4.31. The number of carbonyl (C=O) groups is 3. The first-order valence-electron chi connectivity index (χ1n) is 10.1. The Hall–Kier alpha value is -2.57. The molecular weight excluding hydrogens is 360 g/mol. The summed E-state index contributed by atoms with van der Waals surface area (Å²) in [6, 6.07) is 4.51. The van der Waals surface area contributed by atoms with Gasteiger partial charge in [0.1, 0.15) is 5.54 Å². The SMILES string of the molecule is CCC1CCC2(CC1)NC(=O)N(CC(=O)c1ccc3c(c1)OCCCO3)C2=O. The van der Waals surface area contributed by atoms with Crippen molar-refractivity contribution < 1.29 is 23.9 Å². The predicted octanol–water partition coefficient (Wildman–Crippen LogP) is 2.92. The smallest absolute Gasteiger partial charge is 0.325 e. The van der Waals surface area contributed by atoms with E-state index < -0.39 is 11.6 Å². The van der Waals surface area contributed by atoms with E-state index in [1.165, 1.54) is 0 Å². The van der Waals surface area contributed by atoms with Crippen LogP contribution < -0.4 is 14.8 Å². The standard InChI is InChI=1S/C21H26N2O5/c1-2-14-6-8-21(9-7-14)19(25)23(20(26)22-21)13-16(24)15-4-5-17-18(12-15)28-11-3-10-27-17/h4-5,12,14H,2-3,6-11,13H2,1H3,(H,22,26). The summed E-state index contributed by atoms with van der Waals surface area (Å²) < 4.78 is 11.2. The van der Waals surface area contributed by atoms with Crippen LogP contribution in [0.2, 0.25) is 0 Å². The van der Waals surface area contributed by atoms with Crippen molar-refractivity contribution in [2.24, 2.45) is 5.92 Å². The van der Waals surface area contributed by atoms with Gasteiger partial charge in [0.05, 0.1) is 19.8 Å². The average Bonchev–Trinajstić information content (AvgIpc) is 2.87. The van der Waals surface area contributed by atoms with Crippen molar-refractivity contribution in [1.29, 1.82) is 0 Å². The van der Waals surface area contributed by atoms with Gasteiger partial charge in [0, 0.05) is 12.0 Å². The van der Waals surface area contributed by atoms with E-state index in [1.54, 1.807) is 18.2 Å². The van der Waals surface area contributed by atoms with Gasteiger partial charge in [-0.25, -0.2) is 4.79 Å². The van der Waals surface area contributed by atoms with Gasteiger partial charge in [0.25, 0.3) is 5.91 Å². The van der Waals surface area contributed by atoms with Crippen LogP contribution in [0.4, 0.5) is 4.79 Å². The molecule has 2 heterocycles. The van der Waals surface area contributed by atoms with Crippen molar-refractivity contribution in [3.63, 3.8) is 0 Å². The molecule has 3 aliphatic rings. The van der Waals surface area contributed by atoms with E-state index in [4.69, 9.17) is 9.47 Å². The molecular formula is C21H26N2O5. The van der Waals surface area contributed by atoms with Crippen LogP contribution in [0.3, 0.4) is 0 Å². The monoisotopic (exact) mass is 386 g/mol. The summed E-state index contributed by atoms with van der Waals surface area (Å²) in [5, 5.41) is 2.87. The number of amides is 3. The number of nitrogens with zero attached hydrogens (tertiary/aromatic N) is 1. The van der Waals surface area contributed by atoms with E-state index in [-0.39, 0.29) is 18.2 Å². The maximum absolute atomic E-state index is 13.0. The lowest BCUT2D eigenvalue weighted by atomic mass is 9.75. The number of ether oxygens (including phenoxy) is 2. The summed E-state index contributed by atoms with van der Waals surface area (Å²) in [5.41, 5.74) is -0.422. The highest BCUT2D eigenvalue weighted by molar-refractivity contribution is 6.11. The van der Waals surface area contributed by atoms with Gasteiger partial charge < -0.3 is 14.8 Å². The third kappa shape index (κ3) is 3.34. The first-order chi connectivity index (χ1) is 13.5. The lowest BCUT2D eigenvalue weighted by Gasteiger charge is -2.34. The van der Waals surface area contributed by atoms with Crippen LogP contribution >= 0.6 is 0 Å². The number of nitrogens with one attached hydrogen (secondary N) is 1. The molecule has 150 valence electrons. The third-order valence-electron chi connectivity index (χ3n) is 6.15. The maximum atomic E-state index is 13.0. The highest BCUT2D eigenvalue weighted by atomic mass is 16.5. The van der Waals surface area contributed by atoms with E-state index in [9.17, 15) is 14.4 Å². The molecule has 4 rings (SSSR count). The van der Waals surface area contributed by atoms with Crippen LogP contribution in [0.5, 0.6) is 11.5 Å². The number of Topliss-reactive ketones (excluding diaryl/α,β-unsaturated/α-hetero) is 1. The number of hydrogen-bond acceptors (Lipinski definition) is 5. The van der Waals surface area contributed by atoms with Crippen LogP contribution in [0, 0.1) is 5.92 Å². The highest BCUT2D eigenvalue weighted by Crippen LogP contribution is 2.38. The van der Waals surface area contributed by atoms with Crippen molar-refractivity contribution in [2.45, 2.75) is 51.0 Å². The van der Waals surface area contributed by atoms with Crippen molar-refractivity contribution in [3.05, 3.63) is 23.8 Å². The van der Waals surface area contributed by atoms with Crippen LogP contribution in [0.1, 0.15) is 55.8 Å². The topological polar surface area (TPSA) is 84.9 Å². The first-order valence-corrected chi connectivity index (χ1v) is 10.1. The number of rotatable bonds is 4. The normalized spacial score (nSPS) is 26.9. The van der Waals surface area contributed by atoms with Gasteiger partial charge in [-0.1, -0.05) is 13.3 Å². The number of carbonyl (C=O) groups excluding carboxylic acids is 3. The van der Waals surface area contributed by atoms with E-state index in [0.717, 1.165) is 30.6 Å². The molecule has 0 unspecified atom stereocenters. The molecule has 1 saturated carbocycles. The Labute approximate surface area is 164 Å². The van der Waals surface area contributed by atoms with E-state index in [0.29, 0.717) is 49.0 Å². The Morgan fingerprint density at radius 3 is 2.61 bits per heavy atom. The summed E-state index contributed by atoms with van der Waals surface area (Å²) in [7, 11) is 0. The second-order valence-electron chi connectivity index (χ2n) is 7.89. The second-order valence-corrected chi connectivity index (χ2v) is 7.89. The fraction of sp³-hybridized carbons (Fsp3) is 0.571. The van der Waals surface area contributed by atoms with E-state index in [1.807, 2.05) is 0 Å². The van der Waals surface area contributed by atoms with Gasteiger partial charge in [0.2, 0.25) is 0 Å². The van der Waals surface area contributed by atoms with Crippen molar-refractivity contribution >= 4 is 17.7 Å². The average molecular weight is 386 g/mol. The largest absolute Gasteiger partial charge is 0.490 e. The highest BCUT2D eigenvalue weighted by Gasteiger charge is 2.52. The predicted molar refractivity (Wildman–Crippen MR) is 102 cm³/mol. The number of urea groups is 1. The summed E-state index contributed by atoms with van der Waals surface area (Å²) in [4.78, 5) is 39.3. The summed E-state index contributed by atoms with van der Waals surface area (Å²) in [6.07, 6.45) is 5.00. The summed E-state index contributed by atoms with van der Waals surface area (Å²) >= 11 is 0. The molecule has 0 atom stereocenters. The fourth-order valence-corrected chi connectivity index (χ4v) is 4.31. The Bertz CT molecular complexity index is 798. The molecule has 1 saturated heterocycles. The Morgan fingerprint density at radius 1 is 1.18 bits per heavy atom. The zero-order valence-electron chi connectivity index (χ0n) is 16.2. The first kappa shape index (κ1) is 18.8. The Kier molecular flexibility index (Phi) is 5.00. The molecule has 2 aliphatic heterocycles. The zero-order valence-corrected chi connectivity index (χ0v) is 16.2. The van der Waals surface area contributed by atoms with Gasteiger partial charge in [-0.3, -0.25) is 14.5 Å². The molecule has 0 radical (unpaired) electrons. The minimum Gasteiger partial charge on any atom is -0.490 e. The molecule has 3 amide bonds. The van der Waals surface area contributed by atoms with Crippen LogP contribution in [0.25, 0.3) is 0 Å². The Balaban J connectivity index is 1.47. The van der Waals surface area contributed by atoms with Crippen LogP contribution in [-0.4, -0.2) is 47.9 Å². The van der Waals surface area contributed by atoms with Crippen LogP contribution in [0.15, 0.2) is 18.2 Å². The lowest BCUT2D eigenvalue weighted by molar-refractivity contribution is -0.132. The molecule has 1 aliphatic carbocycles. The minimum atomic E-state index is -0.826. The molecule has 7 heteroatoms. The quantitative estimate of drug-likeness (QED) is 0.635. The maximum Gasteiger partial charge on any atom is 0.325 e. The Morgan fingerprint density at radius 2 is 1.89 bits per heavy atom. The van der Waals surface area contributed by atoms with Gasteiger partial charge >= 0.3 is 6.03 Å². The van der Waals surface area contributed by atoms with E-state index >= 15 is 0 Å². The number of benzene rings is 1. The van der Waals surface area contributed by atoms with Crippen molar-refractivity contribution in [2.75, 3.05) is 19.8 Å². The molecule has 0 bridgehead atoms. The molecule has 1 N–H and O–H groups in total. The molecule has 2 fully saturated rings. The van der Waals surface area contributed by atoms with Crippen molar-refractivity contribution in [3.8, 4) is 11.5 Å². The number of imide groups is 1. The lowest BCUT2D eigenvalue weighted by Crippen LogP contribution is -2.49. The van der Waals surface area contributed by atoms with Gasteiger partial charge in [-0.15, -0.1) is 0 Å². The van der Waals surface area contributed by atoms with Gasteiger partial charge in [0.15, 0.2) is 17.3 Å². The molecule has 0 aromatic heterocycles. The molecule has 28 heavy (non-hydrogen) atoms. The molecule has 1 aromatic carbocycles. The number of ketones is 1. The minimum absolute atomic E-state index is 0.261. The van der Waals surface area contributed by atoms with E-state index in [2.05, 4.69) is 12.2 Å². The third-order valence-corrected chi connectivity index (χ3v) is 6.15.